The van der Waals surface area contributed by atoms with Crippen molar-refractivity contribution in [1.29, 1.82) is 0 Å². The van der Waals surface area contributed by atoms with Crippen molar-refractivity contribution in [2.75, 3.05) is 5.75 Å². The van der Waals surface area contributed by atoms with Gasteiger partial charge in [0.15, 0.2) is 9.84 Å². The van der Waals surface area contributed by atoms with Gasteiger partial charge in [-0.1, -0.05) is 18.2 Å². The van der Waals surface area contributed by atoms with Crippen molar-refractivity contribution >= 4 is 31.3 Å². The second-order valence-corrected chi connectivity index (χ2v) is 7.31. The van der Waals surface area contributed by atoms with Gasteiger partial charge in [-0.3, -0.25) is 0 Å². The summed E-state index contributed by atoms with van der Waals surface area (Å²) in [7, 11) is -3.11. The minimum absolute atomic E-state index is 0.0389. The van der Waals surface area contributed by atoms with Crippen molar-refractivity contribution in [3.63, 3.8) is 0 Å². The Hall–Kier alpha value is -0.910. The van der Waals surface area contributed by atoms with Gasteiger partial charge in [0.1, 0.15) is 0 Å². The number of nitrogens with two attached hydrogens (primary N) is 1. The monoisotopic (exact) mass is 269 g/mol. The largest absolute Gasteiger partial charge is 0.327 e. The highest BCUT2D eigenvalue weighted by Gasteiger charge is 2.16. The van der Waals surface area contributed by atoms with Crippen LogP contribution in [0.15, 0.2) is 29.6 Å². The average molecular weight is 269 g/mol. The Labute approximate surface area is 105 Å². The Morgan fingerprint density at radius 2 is 2.06 bits per heavy atom. The van der Waals surface area contributed by atoms with Gasteiger partial charge in [0.25, 0.3) is 0 Å². The molecule has 1 aromatic carbocycles. The van der Waals surface area contributed by atoms with E-state index < -0.39 is 9.84 Å². The van der Waals surface area contributed by atoms with Gasteiger partial charge in [0.2, 0.25) is 0 Å². The van der Waals surface area contributed by atoms with E-state index in [4.69, 9.17) is 5.73 Å². The smallest absolute Gasteiger partial charge is 0.156 e. The van der Waals surface area contributed by atoms with E-state index in [-0.39, 0.29) is 17.5 Å². The molecule has 1 atom stereocenters. The molecule has 2 N–H and O–H groups in total. The van der Waals surface area contributed by atoms with E-state index in [9.17, 15) is 8.42 Å². The van der Waals surface area contributed by atoms with Crippen LogP contribution < -0.4 is 5.73 Å². The molecule has 0 saturated carbocycles. The molecular weight excluding hydrogens is 254 g/mol. The maximum Gasteiger partial charge on any atom is 0.156 e. The molecule has 3 nitrogen and oxygen atoms in total. The lowest BCUT2D eigenvalue weighted by atomic mass is 10.2. The number of sulfone groups is 1. The van der Waals surface area contributed by atoms with Crippen molar-refractivity contribution in [2.24, 2.45) is 5.73 Å². The van der Waals surface area contributed by atoms with E-state index in [1.54, 1.807) is 18.3 Å². The first-order chi connectivity index (χ1) is 7.98. The van der Waals surface area contributed by atoms with Crippen molar-refractivity contribution in [2.45, 2.75) is 18.7 Å². The van der Waals surface area contributed by atoms with Crippen LogP contribution in [0.25, 0.3) is 10.1 Å². The zero-order valence-electron chi connectivity index (χ0n) is 9.59. The summed E-state index contributed by atoms with van der Waals surface area (Å²) >= 11 is 1.58. The number of thiophene rings is 1. The van der Waals surface area contributed by atoms with Crippen LogP contribution in [0.1, 0.15) is 12.5 Å². The maximum atomic E-state index is 11.9. The molecule has 0 aliphatic rings. The van der Waals surface area contributed by atoms with E-state index in [1.807, 2.05) is 29.6 Å². The second kappa shape index (κ2) is 4.76. The normalized spacial score (nSPS) is 14.0. The average Bonchev–Trinajstić information content (AvgIpc) is 2.59. The van der Waals surface area contributed by atoms with Crippen LogP contribution in [0.4, 0.5) is 0 Å². The van der Waals surface area contributed by atoms with Gasteiger partial charge in [0.05, 0.1) is 11.5 Å². The van der Waals surface area contributed by atoms with Crippen LogP contribution in [0.3, 0.4) is 0 Å². The molecule has 0 radical (unpaired) electrons. The molecule has 17 heavy (non-hydrogen) atoms. The summed E-state index contributed by atoms with van der Waals surface area (Å²) in [6.07, 6.45) is 0. The molecule has 1 unspecified atom stereocenters. The van der Waals surface area contributed by atoms with E-state index in [2.05, 4.69) is 0 Å². The van der Waals surface area contributed by atoms with Gasteiger partial charge in [-0.15, -0.1) is 11.3 Å². The Morgan fingerprint density at radius 1 is 1.35 bits per heavy atom. The summed E-state index contributed by atoms with van der Waals surface area (Å²) in [5, 5.41) is 2.95. The first-order valence-corrected chi connectivity index (χ1v) is 8.09. The Balaban J connectivity index is 2.30. The lowest BCUT2D eigenvalue weighted by Crippen LogP contribution is -2.26. The van der Waals surface area contributed by atoms with Crippen molar-refractivity contribution in [1.82, 2.24) is 0 Å². The molecule has 0 spiro atoms. The molecule has 0 saturated heterocycles. The molecule has 0 bridgehead atoms. The predicted molar refractivity (Wildman–Crippen MR) is 73.0 cm³/mol. The fraction of sp³-hybridized carbons (Fsp3) is 0.333. The van der Waals surface area contributed by atoms with Crippen LogP contribution in [0.2, 0.25) is 0 Å². The lowest BCUT2D eigenvalue weighted by Gasteiger charge is -2.06. The lowest BCUT2D eigenvalue weighted by molar-refractivity contribution is 0.589. The third kappa shape index (κ3) is 3.06. The highest BCUT2D eigenvalue weighted by atomic mass is 32.2. The van der Waals surface area contributed by atoms with Crippen LogP contribution in [0, 0.1) is 0 Å². The van der Waals surface area contributed by atoms with Crippen molar-refractivity contribution < 1.29 is 8.42 Å². The van der Waals surface area contributed by atoms with Gasteiger partial charge in [-0.25, -0.2) is 8.42 Å². The van der Waals surface area contributed by atoms with Crippen LogP contribution in [0.5, 0.6) is 0 Å². The van der Waals surface area contributed by atoms with Crippen LogP contribution >= 0.6 is 11.3 Å². The maximum absolute atomic E-state index is 11.9. The quantitative estimate of drug-likeness (QED) is 0.925. The SMILES string of the molecule is CC(N)CS(=O)(=O)Cc1csc2ccccc12. The standard InChI is InChI=1S/C12H15NO2S2/c1-9(13)7-17(14,15)8-10-6-16-12-5-3-2-4-11(10)12/h2-6,9H,7-8,13H2,1H3. The zero-order valence-corrected chi connectivity index (χ0v) is 11.2. The summed E-state index contributed by atoms with van der Waals surface area (Å²) in [5.41, 5.74) is 6.42. The molecule has 0 amide bonds. The summed E-state index contributed by atoms with van der Waals surface area (Å²) in [6, 6.07) is 7.53. The fourth-order valence-corrected chi connectivity index (χ4v) is 4.54. The van der Waals surface area contributed by atoms with E-state index in [0.29, 0.717) is 0 Å². The molecule has 2 rings (SSSR count). The van der Waals surface area contributed by atoms with Crippen LogP contribution in [-0.4, -0.2) is 20.2 Å². The van der Waals surface area contributed by atoms with Gasteiger partial charge >= 0.3 is 0 Å². The van der Waals surface area contributed by atoms with Gasteiger partial charge < -0.3 is 5.73 Å². The number of rotatable bonds is 4. The third-order valence-electron chi connectivity index (χ3n) is 2.45. The minimum Gasteiger partial charge on any atom is -0.327 e. The summed E-state index contributed by atoms with van der Waals surface area (Å²) in [6.45, 7) is 1.71. The Bertz CT molecular complexity index is 614. The molecule has 5 heteroatoms. The van der Waals surface area contributed by atoms with E-state index >= 15 is 0 Å². The van der Waals surface area contributed by atoms with E-state index in [0.717, 1.165) is 15.6 Å². The summed E-state index contributed by atoms with van der Waals surface area (Å²) in [4.78, 5) is 0. The van der Waals surface area contributed by atoms with Gasteiger partial charge in [-0.05, 0) is 29.3 Å². The van der Waals surface area contributed by atoms with Gasteiger partial charge in [0, 0.05) is 10.7 Å². The Kier molecular flexibility index (Phi) is 3.51. The molecular formula is C12H15NO2S2. The molecule has 1 heterocycles. The Morgan fingerprint density at radius 3 is 2.76 bits per heavy atom. The summed E-state index contributed by atoms with van der Waals surface area (Å²) < 4.78 is 24.9. The first kappa shape index (κ1) is 12.5. The van der Waals surface area contributed by atoms with Crippen molar-refractivity contribution in [3.8, 4) is 0 Å². The minimum atomic E-state index is -3.11. The molecule has 0 fully saturated rings. The third-order valence-corrected chi connectivity index (χ3v) is 5.25. The zero-order chi connectivity index (χ0) is 12.5. The second-order valence-electron chi connectivity index (χ2n) is 4.29. The molecule has 1 aromatic heterocycles. The molecule has 2 aromatic rings. The highest BCUT2D eigenvalue weighted by Crippen LogP contribution is 2.27. The molecule has 0 aliphatic heterocycles. The van der Waals surface area contributed by atoms with E-state index in [1.165, 1.54) is 0 Å². The number of hydrogen-bond donors (Lipinski definition) is 1. The highest BCUT2D eigenvalue weighted by molar-refractivity contribution is 7.90. The topological polar surface area (TPSA) is 60.2 Å². The van der Waals surface area contributed by atoms with Crippen molar-refractivity contribution in [3.05, 3.63) is 35.2 Å². The predicted octanol–water partition coefficient (Wildman–Crippen LogP) is 2.16. The molecule has 0 aliphatic carbocycles. The van der Waals surface area contributed by atoms with Gasteiger partial charge in [-0.2, -0.15) is 0 Å². The first-order valence-electron chi connectivity index (χ1n) is 5.39. The number of hydrogen-bond acceptors (Lipinski definition) is 4. The van der Waals surface area contributed by atoms with Crippen LogP contribution in [-0.2, 0) is 15.6 Å². The number of benzene rings is 1. The molecule has 92 valence electrons. The summed E-state index contributed by atoms with van der Waals surface area (Å²) in [5.74, 6) is 0.121. The number of fused-ring (bicyclic) bond motifs is 1. The fourth-order valence-electron chi connectivity index (χ4n) is 1.84.